The number of nitrogens with one attached hydrogen (secondary N) is 4. The van der Waals surface area contributed by atoms with E-state index in [4.69, 9.17) is 13.8 Å². The minimum Gasteiger partial charge on any atom is -0.468 e. The Morgan fingerprint density at radius 2 is 1.71 bits per heavy atom. The molecule has 0 saturated heterocycles. The zero-order chi connectivity index (χ0) is 35.3. The Bertz CT molecular complexity index is 1600. The van der Waals surface area contributed by atoms with Crippen molar-refractivity contribution in [2.75, 3.05) is 26.8 Å². The normalized spacial score (nSPS) is 17.7. The molecule has 0 bridgehead atoms. The van der Waals surface area contributed by atoms with Crippen molar-refractivity contribution in [1.82, 2.24) is 25.3 Å². The number of carbonyl (C=O) groups excluding carboxylic acids is 3. The Kier molecular flexibility index (Phi) is 14.1. The van der Waals surface area contributed by atoms with Crippen LogP contribution in [0.5, 0.6) is 5.75 Å². The number of hydrogen-bond donors (Lipinski definition) is 4. The monoisotopic (exact) mass is 703 g/mol. The molecule has 1 aromatic carbocycles. The van der Waals surface area contributed by atoms with Crippen molar-refractivity contribution in [1.29, 1.82) is 0 Å². The number of esters is 1. The number of aromatic nitrogens is 2. The number of amides is 2. The Balaban J connectivity index is 1.51. The van der Waals surface area contributed by atoms with Crippen LogP contribution < -0.4 is 31.5 Å². The number of halogens is 3. The Hall–Kier alpha value is -4.25. The number of methoxy groups -OCH3 is 1. The average Bonchev–Trinajstić information content (AvgIpc) is 3.51. The van der Waals surface area contributed by atoms with E-state index in [1.54, 1.807) is 35.6 Å². The first kappa shape index (κ1) is 38.2. The van der Waals surface area contributed by atoms with Crippen LogP contribution in [-0.2, 0) is 39.4 Å². The minimum absolute atomic E-state index is 0.0223. The first-order valence-electron chi connectivity index (χ1n) is 14.9. The lowest BCUT2D eigenvalue weighted by atomic mass is 10.2. The molecule has 3 rings (SSSR count). The number of alkyl halides is 3. The van der Waals surface area contributed by atoms with Crippen LogP contribution in [0.2, 0.25) is 0 Å². The van der Waals surface area contributed by atoms with Gasteiger partial charge < -0.3 is 24.6 Å². The summed E-state index contributed by atoms with van der Waals surface area (Å²) >= 11 is 0. The highest BCUT2D eigenvalue weighted by atomic mass is 31.2. The van der Waals surface area contributed by atoms with Crippen molar-refractivity contribution in [3.8, 4) is 5.75 Å². The SMILES string of the molecule is COC(=O)[C@H](C)NP(=O)(OC[C@@H]1C=C[C@H](n2cc(CC(=O)NCCCCCCNC(=O)C(F)(F)F)c(=O)[nH]c2=O)O1)Oc1ccccc1. The van der Waals surface area contributed by atoms with Gasteiger partial charge in [0.25, 0.3) is 5.56 Å². The second-order valence-corrected chi connectivity index (χ2v) is 12.2. The summed E-state index contributed by atoms with van der Waals surface area (Å²) < 4.78 is 72.7. The van der Waals surface area contributed by atoms with Gasteiger partial charge in [-0.05, 0) is 38.0 Å². The Labute approximate surface area is 272 Å². The molecule has 4 N–H and O–H groups in total. The molecular weight excluding hydrogens is 666 g/mol. The number of para-hydroxylation sites is 1. The van der Waals surface area contributed by atoms with Crippen LogP contribution in [0.3, 0.4) is 0 Å². The van der Waals surface area contributed by atoms with E-state index in [0.717, 1.165) is 4.57 Å². The molecule has 1 aliphatic heterocycles. The number of ether oxygens (including phenoxy) is 2. The maximum Gasteiger partial charge on any atom is 0.471 e. The van der Waals surface area contributed by atoms with Crippen LogP contribution in [0, 0.1) is 0 Å². The fourth-order valence-electron chi connectivity index (χ4n) is 4.30. The number of carbonyl (C=O) groups is 3. The molecule has 1 unspecified atom stereocenters. The van der Waals surface area contributed by atoms with Gasteiger partial charge in [0.1, 0.15) is 17.9 Å². The fraction of sp³-hybridized carbons (Fsp3) is 0.483. The van der Waals surface area contributed by atoms with Crippen molar-refractivity contribution >= 4 is 25.5 Å². The van der Waals surface area contributed by atoms with E-state index < -0.39 is 61.3 Å². The van der Waals surface area contributed by atoms with Crippen LogP contribution >= 0.6 is 7.75 Å². The van der Waals surface area contributed by atoms with Crippen molar-refractivity contribution in [2.45, 2.75) is 63.6 Å². The number of rotatable bonds is 18. The van der Waals surface area contributed by atoms with Gasteiger partial charge in [0.05, 0.1) is 20.1 Å². The fourth-order valence-corrected chi connectivity index (χ4v) is 5.80. The van der Waals surface area contributed by atoms with Gasteiger partial charge in [-0.15, -0.1) is 0 Å². The van der Waals surface area contributed by atoms with Gasteiger partial charge in [-0.3, -0.25) is 33.3 Å². The third kappa shape index (κ3) is 12.1. The lowest BCUT2D eigenvalue weighted by Crippen LogP contribution is -2.37. The zero-order valence-electron chi connectivity index (χ0n) is 26.1. The van der Waals surface area contributed by atoms with E-state index in [1.165, 1.54) is 32.4 Å². The molecule has 0 fully saturated rings. The third-order valence-corrected chi connectivity index (χ3v) is 8.37. The maximum atomic E-state index is 13.5. The highest BCUT2D eigenvalue weighted by Crippen LogP contribution is 2.45. The molecule has 4 atom stereocenters. The lowest BCUT2D eigenvalue weighted by Gasteiger charge is -2.24. The van der Waals surface area contributed by atoms with Gasteiger partial charge in [-0.25, -0.2) is 9.36 Å². The number of hydrogen-bond acceptors (Lipinski definition) is 10. The van der Waals surface area contributed by atoms with E-state index in [2.05, 4.69) is 20.1 Å². The second kappa shape index (κ2) is 17.8. The predicted octanol–water partition coefficient (Wildman–Crippen LogP) is 2.24. The van der Waals surface area contributed by atoms with Gasteiger partial charge in [-0.2, -0.15) is 18.3 Å². The van der Waals surface area contributed by atoms with E-state index in [1.807, 2.05) is 0 Å². The summed E-state index contributed by atoms with van der Waals surface area (Å²) in [5.41, 5.74) is -1.59. The topological polar surface area (TPSA) is 196 Å². The van der Waals surface area contributed by atoms with Crippen LogP contribution in [0.1, 0.15) is 44.4 Å². The molecule has 264 valence electrons. The molecule has 1 aromatic heterocycles. The van der Waals surface area contributed by atoms with Crippen LogP contribution in [0.4, 0.5) is 13.2 Å². The molecule has 1 aliphatic rings. The average molecular weight is 704 g/mol. The van der Waals surface area contributed by atoms with Gasteiger partial charge in [0, 0.05) is 24.8 Å². The first-order chi connectivity index (χ1) is 22.7. The van der Waals surface area contributed by atoms with E-state index in [0.29, 0.717) is 25.7 Å². The lowest BCUT2D eigenvalue weighted by molar-refractivity contribution is -0.173. The van der Waals surface area contributed by atoms with Crippen LogP contribution in [-0.4, -0.2) is 72.5 Å². The van der Waals surface area contributed by atoms with Gasteiger partial charge in [0.2, 0.25) is 5.91 Å². The van der Waals surface area contributed by atoms with Crippen molar-refractivity contribution in [3.63, 3.8) is 0 Å². The number of benzene rings is 1. The second-order valence-electron chi connectivity index (χ2n) is 10.5. The quantitative estimate of drug-likeness (QED) is 0.0770. The highest BCUT2D eigenvalue weighted by molar-refractivity contribution is 7.52. The summed E-state index contributed by atoms with van der Waals surface area (Å²) in [5.74, 6) is -2.99. The van der Waals surface area contributed by atoms with Crippen LogP contribution in [0.15, 0.2) is 58.3 Å². The molecule has 19 heteroatoms. The molecule has 15 nitrogen and oxygen atoms in total. The Morgan fingerprint density at radius 3 is 2.35 bits per heavy atom. The van der Waals surface area contributed by atoms with Crippen molar-refractivity contribution in [2.24, 2.45) is 0 Å². The molecular formula is C29H37F3N5O10P. The Morgan fingerprint density at radius 1 is 1.04 bits per heavy atom. The molecule has 0 aliphatic carbocycles. The van der Waals surface area contributed by atoms with E-state index in [9.17, 15) is 41.7 Å². The molecule has 0 spiro atoms. The van der Waals surface area contributed by atoms with Gasteiger partial charge in [0.15, 0.2) is 6.23 Å². The van der Waals surface area contributed by atoms with Gasteiger partial charge >= 0.3 is 31.5 Å². The summed E-state index contributed by atoms with van der Waals surface area (Å²) in [5, 5.41) is 6.94. The van der Waals surface area contributed by atoms with Crippen LogP contribution in [0.25, 0.3) is 0 Å². The first-order valence-corrected chi connectivity index (χ1v) is 16.4. The summed E-state index contributed by atoms with van der Waals surface area (Å²) in [4.78, 5) is 62.3. The zero-order valence-corrected chi connectivity index (χ0v) is 27.0. The number of nitrogens with zero attached hydrogens (tertiary/aromatic N) is 1. The smallest absolute Gasteiger partial charge is 0.468 e. The molecule has 2 aromatic rings. The number of H-pyrrole nitrogens is 1. The number of unbranched alkanes of at least 4 members (excludes halogenated alkanes) is 3. The summed E-state index contributed by atoms with van der Waals surface area (Å²) in [6, 6.07) is 7.06. The molecule has 2 amide bonds. The van der Waals surface area contributed by atoms with Crippen molar-refractivity contribution in [3.05, 3.63) is 75.1 Å². The van der Waals surface area contributed by atoms with Gasteiger partial charge in [-0.1, -0.05) is 37.1 Å². The minimum atomic E-state index is -4.92. The molecule has 0 saturated carbocycles. The number of aromatic amines is 1. The summed E-state index contributed by atoms with van der Waals surface area (Å²) in [6.07, 6.45) is -0.930. The standard InChI is InChI=1S/C29H37F3N5O10P/c1-19(26(40)44-2)36-48(43,47-21-10-6-5-7-11-21)45-18-22-12-13-24(46-22)37-17-20(25(39)35-28(37)42)16-23(38)33-14-8-3-4-9-15-34-27(41)29(30,31)32/h5-7,10-13,17,19,22,24H,3-4,8-9,14-16,18H2,1-2H3,(H,33,38)(H,34,41)(H,36,43)(H,35,39,42)/t19-,22-,24+,48?/m0/s1. The molecule has 2 heterocycles. The third-order valence-electron chi connectivity index (χ3n) is 6.72. The van der Waals surface area contributed by atoms with Crippen molar-refractivity contribution < 1.29 is 50.6 Å². The summed E-state index contributed by atoms with van der Waals surface area (Å²) in [6.45, 7) is 1.21. The van der Waals surface area contributed by atoms with E-state index >= 15 is 0 Å². The summed E-state index contributed by atoms with van der Waals surface area (Å²) in [7, 11) is -2.98. The molecule has 48 heavy (non-hydrogen) atoms. The predicted molar refractivity (Wildman–Crippen MR) is 164 cm³/mol. The highest BCUT2D eigenvalue weighted by Gasteiger charge is 2.38. The molecule has 0 radical (unpaired) electrons. The largest absolute Gasteiger partial charge is 0.471 e. The maximum absolute atomic E-state index is 13.5. The van der Waals surface area contributed by atoms with E-state index in [-0.39, 0.29) is 37.4 Å².